The van der Waals surface area contributed by atoms with Crippen LogP contribution in [0.3, 0.4) is 0 Å². The van der Waals surface area contributed by atoms with Gasteiger partial charge in [-0.25, -0.2) is 15.0 Å². The van der Waals surface area contributed by atoms with Gasteiger partial charge in [-0.3, -0.25) is 0 Å². The van der Waals surface area contributed by atoms with Crippen LogP contribution in [0, 0.1) is 0 Å². The summed E-state index contributed by atoms with van der Waals surface area (Å²) in [6.45, 7) is 0. The van der Waals surface area contributed by atoms with Crippen LogP contribution >= 0.6 is 0 Å². The standard InChI is InChI=1S/C53H35N3/c1-4-15-36(16-5-1)38-27-30-41(31-28-38)52-54-51(40-20-8-3-9-21-40)55-53(56-52)49-34-33-47(45-23-12-13-24-46(45)49)48-26-14-25-44(39-18-6-2-7-19-39)50(48)43-32-29-37-17-10-11-22-42(37)35-43/h1-35H. The number of fused-ring (bicyclic) bond motifs is 2. The van der Waals surface area contributed by atoms with Crippen molar-refractivity contribution in [2.24, 2.45) is 0 Å². The van der Waals surface area contributed by atoms with E-state index in [1.54, 1.807) is 0 Å². The summed E-state index contributed by atoms with van der Waals surface area (Å²) in [7, 11) is 0. The van der Waals surface area contributed by atoms with Crippen LogP contribution in [-0.2, 0) is 0 Å². The summed E-state index contributed by atoms with van der Waals surface area (Å²) < 4.78 is 0. The van der Waals surface area contributed by atoms with Crippen LogP contribution in [0.25, 0.3) is 100 Å². The lowest BCUT2D eigenvalue weighted by atomic mass is 9.85. The molecule has 1 aromatic heterocycles. The molecule has 0 fully saturated rings. The first-order valence-corrected chi connectivity index (χ1v) is 18.9. The molecule has 0 atom stereocenters. The lowest BCUT2D eigenvalue weighted by Crippen LogP contribution is -2.01. The highest BCUT2D eigenvalue weighted by atomic mass is 15.0. The SMILES string of the molecule is c1ccc(-c2ccc(-c3nc(-c4ccccc4)nc(-c4ccc(-c5cccc(-c6ccccc6)c5-c5ccc6ccccc6c5)c5ccccc45)n3)cc2)cc1. The maximum atomic E-state index is 5.18. The fourth-order valence-electron chi connectivity index (χ4n) is 7.80. The summed E-state index contributed by atoms with van der Waals surface area (Å²) in [6, 6.07) is 74.9. The molecule has 262 valence electrons. The summed E-state index contributed by atoms with van der Waals surface area (Å²) in [6.07, 6.45) is 0. The van der Waals surface area contributed by atoms with E-state index in [-0.39, 0.29) is 0 Å². The lowest BCUT2D eigenvalue weighted by Gasteiger charge is -2.19. The quantitative estimate of drug-likeness (QED) is 0.165. The maximum absolute atomic E-state index is 5.18. The molecule has 0 saturated heterocycles. The van der Waals surface area contributed by atoms with Gasteiger partial charge in [0.05, 0.1) is 0 Å². The first-order valence-electron chi connectivity index (χ1n) is 18.9. The van der Waals surface area contributed by atoms with Crippen molar-refractivity contribution in [2.45, 2.75) is 0 Å². The number of hydrogen-bond acceptors (Lipinski definition) is 3. The van der Waals surface area contributed by atoms with E-state index in [1.165, 1.54) is 44.2 Å². The molecule has 9 aromatic carbocycles. The third-order valence-electron chi connectivity index (χ3n) is 10.6. The van der Waals surface area contributed by atoms with E-state index < -0.39 is 0 Å². The molecule has 3 nitrogen and oxygen atoms in total. The molecule has 10 aromatic rings. The fourth-order valence-corrected chi connectivity index (χ4v) is 7.80. The summed E-state index contributed by atoms with van der Waals surface area (Å²) >= 11 is 0. The monoisotopic (exact) mass is 713 g/mol. The molecule has 0 radical (unpaired) electrons. The van der Waals surface area contributed by atoms with E-state index in [2.05, 4.69) is 188 Å². The molecule has 0 aliphatic carbocycles. The zero-order chi connectivity index (χ0) is 37.3. The minimum Gasteiger partial charge on any atom is -0.208 e. The highest BCUT2D eigenvalue weighted by Gasteiger charge is 2.20. The molecule has 0 saturated carbocycles. The van der Waals surface area contributed by atoms with Gasteiger partial charge >= 0.3 is 0 Å². The molecule has 0 amide bonds. The molecule has 0 bridgehead atoms. The van der Waals surface area contributed by atoms with Crippen molar-refractivity contribution in [3.63, 3.8) is 0 Å². The minimum atomic E-state index is 0.635. The van der Waals surface area contributed by atoms with Gasteiger partial charge in [-0.2, -0.15) is 0 Å². The summed E-state index contributed by atoms with van der Waals surface area (Å²) in [5.74, 6) is 1.91. The van der Waals surface area contributed by atoms with Crippen LogP contribution in [0.1, 0.15) is 0 Å². The molecule has 56 heavy (non-hydrogen) atoms. The molecule has 0 N–H and O–H groups in total. The van der Waals surface area contributed by atoms with E-state index >= 15 is 0 Å². The number of hydrogen-bond donors (Lipinski definition) is 0. The Morgan fingerprint density at radius 1 is 0.232 bits per heavy atom. The van der Waals surface area contributed by atoms with Gasteiger partial charge < -0.3 is 0 Å². The zero-order valence-corrected chi connectivity index (χ0v) is 30.5. The van der Waals surface area contributed by atoms with Crippen LogP contribution in [0.15, 0.2) is 212 Å². The number of rotatable bonds is 7. The Morgan fingerprint density at radius 2 is 0.696 bits per heavy atom. The highest BCUT2D eigenvalue weighted by Crippen LogP contribution is 2.44. The first-order chi connectivity index (χ1) is 27.8. The van der Waals surface area contributed by atoms with E-state index in [9.17, 15) is 0 Å². The van der Waals surface area contributed by atoms with Crippen molar-refractivity contribution in [2.75, 3.05) is 0 Å². The summed E-state index contributed by atoms with van der Waals surface area (Å²) in [5.41, 5.74) is 12.2. The molecule has 0 aliphatic heterocycles. The fraction of sp³-hybridized carbons (Fsp3) is 0. The van der Waals surface area contributed by atoms with Gasteiger partial charge in [-0.15, -0.1) is 0 Å². The Bertz CT molecular complexity index is 2990. The van der Waals surface area contributed by atoms with E-state index in [0.717, 1.165) is 38.6 Å². The second-order valence-corrected chi connectivity index (χ2v) is 14.0. The Kier molecular flexibility index (Phi) is 8.51. The van der Waals surface area contributed by atoms with Gasteiger partial charge in [-0.1, -0.05) is 200 Å². The van der Waals surface area contributed by atoms with Gasteiger partial charge in [0.2, 0.25) is 0 Å². The molecule has 1 heterocycles. The molecular weight excluding hydrogens is 679 g/mol. The van der Waals surface area contributed by atoms with Crippen LogP contribution in [0.4, 0.5) is 0 Å². The predicted molar refractivity (Wildman–Crippen MR) is 233 cm³/mol. The summed E-state index contributed by atoms with van der Waals surface area (Å²) in [4.78, 5) is 15.4. The van der Waals surface area contributed by atoms with Crippen molar-refractivity contribution in [3.05, 3.63) is 212 Å². The Hall–Kier alpha value is -7.49. The Morgan fingerprint density at radius 3 is 1.39 bits per heavy atom. The lowest BCUT2D eigenvalue weighted by molar-refractivity contribution is 1.08. The molecule has 10 rings (SSSR count). The van der Waals surface area contributed by atoms with Gasteiger partial charge in [-0.05, 0) is 78.2 Å². The highest BCUT2D eigenvalue weighted by molar-refractivity contribution is 6.08. The normalized spacial score (nSPS) is 11.2. The van der Waals surface area contributed by atoms with Crippen LogP contribution in [0.2, 0.25) is 0 Å². The number of aromatic nitrogens is 3. The van der Waals surface area contributed by atoms with Crippen LogP contribution in [0.5, 0.6) is 0 Å². The molecule has 0 unspecified atom stereocenters. The van der Waals surface area contributed by atoms with Crippen molar-refractivity contribution in [1.29, 1.82) is 0 Å². The molecular formula is C53H35N3. The van der Waals surface area contributed by atoms with Crippen LogP contribution in [-0.4, -0.2) is 15.0 Å². The van der Waals surface area contributed by atoms with E-state index in [1.807, 2.05) is 24.3 Å². The van der Waals surface area contributed by atoms with Gasteiger partial charge in [0.1, 0.15) is 0 Å². The Labute approximate surface area is 326 Å². The maximum Gasteiger partial charge on any atom is 0.164 e. The zero-order valence-electron chi connectivity index (χ0n) is 30.5. The predicted octanol–water partition coefficient (Wildman–Crippen LogP) is 13.8. The van der Waals surface area contributed by atoms with Crippen molar-refractivity contribution in [3.8, 4) is 78.7 Å². The minimum absolute atomic E-state index is 0.635. The van der Waals surface area contributed by atoms with E-state index in [4.69, 9.17) is 15.0 Å². The van der Waals surface area contributed by atoms with E-state index in [0.29, 0.717) is 17.5 Å². The van der Waals surface area contributed by atoms with Gasteiger partial charge in [0.25, 0.3) is 0 Å². The van der Waals surface area contributed by atoms with Crippen molar-refractivity contribution in [1.82, 2.24) is 15.0 Å². The third-order valence-corrected chi connectivity index (χ3v) is 10.6. The van der Waals surface area contributed by atoms with Gasteiger partial charge in [0, 0.05) is 16.7 Å². The smallest absolute Gasteiger partial charge is 0.164 e. The average molecular weight is 714 g/mol. The Balaban J connectivity index is 1.16. The number of nitrogens with zero attached hydrogens (tertiary/aromatic N) is 3. The van der Waals surface area contributed by atoms with Crippen molar-refractivity contribution >= 4 is 21.5 Å². The van der Waals surface area contributed by atoms with Gasteiger partial charge in [0.15, 0.2) is 17.5 Å². The molecule has 0 spiro atoms. The third kappa shape index (κ3) is 6.21. The largest absolute Gasteiger partial charge is 0.208 e. The second kappa shape index (κ2) is 14.4. The van der Waals surface area contributed by atoms with Crippen LogP contribution < -0.4 is 0 Å². The topological polar surface area (TPSA) is 38.7 Å². The average Bonchev–Trinajstić information content (AvgIpc) is 3.29. The van der Waals surface area contributed by atoms with Crippen molar-refractivity contribution < 1.29 is 0 Å². The molecule has 3 heteroatoms. The summed E-state index contributed by atoms with van der Waals surface area (Å²) in [5, 5.41) is 4.65. The number of benzene rings is 9. The first kappa shape index (κ1) is 33.1. The second-order valence-electron chi connectivity index (χ2n) is 14.0. The molecule has 0 aliphatic rings.